The summed E-state index contributed by atoms with van der Waals surface area (Å²) in [7, 11) is 1.67. The Balaban J connectivity index is 1.72. The monoisotopic (exact) mass is 430 g/mol. The zero-order valence-electron chi connectivity index (χ0n) is 17.7. The van der Waals surface area contributed by atoms with Crippen LogP contribution in [0.4, 0.5) is 0 Å². The first kappa shape index (κ1) is 23.5. The van der Waals surface area contributed by atoms with Gasteiger partial charge in [0.25, 0.3) is 0 Å². The predicted molar refractivity (Wildman–Crippen MR) is 124 cm³/mol. The van der Waals surface area contributed by atoms with E-state index in [1.54, 1.807) is 29.8 Å². The molecular formula is C23H30N2O2S2. The lowest BCUT2D eigenvalue weighted by atomic mass is 10.1. The molecule has 2 aromatic rings. The molecule has 0 aliphatic heterocycles. The number of ether oxygens (including phenoxy) is 2. The van der Waals surface area contributed by atoms with E-state index in [0.29, 0.717) is 13.2 Å². The Hall–Kier alpha value is -1.75. The fourth-order valence-electron chi connectivity index (χ4n) is 2.32. The minimum atomic E-state index is -0.409. The van der Waals surface area contributed by atoms with Crippen LogP contribution in [0.15, 0.2) is 40.4 Å². The summed E-state index contributed by atoms with van der Waals surface area (Å²) in [5.41, 5.74) is 1.90. The summed E-state index contributed by atoms with van der Waals surface area (Å²) >= 11 is 3.35. The maximum absolute atomic E-state index is 5.71. The van der Waals surface area contributed by atoms with Crippen LogP contribution in [0, 0.1) is 11.8 Å². The number of thiophene rings is 1. The number of nitrogens with zero attached hydrogens (tertiary/aromatic N) is 2. The van der Waals surface area contributed by atoms with Crippen LogP contribution in [0.5, 0.6) is 0 Å². The highest BCUT2D eigenvalue weighted by Crippen LogP contribution is 2.13. The largest absolute Gasteiger partial charge is 0.370 e. The van der Waals surface area contributed by atoms with Crippen molar-refractivity contribution >= 4 is 28.7 Å². The molecule has 0 saturated heterocycles. The molecule has 0 radical (unpaired) electrons. The number of aromatic nitrogens is 1. The van der Waals surface area contributed by atoms with Crippen LogP contribution in [0.25, 0.3) is 6.08 Å². The van der Waals surface area contributed by atoms with Crippen molar-refractivity contribution in [1.82, 2.24) is 9.88 Å². The van der Waals surface area contributed by atoms with E-state index < -0.39 is 5.60 Å². The van der Waals surface area contributed by atoms with Gasteiger partial charge in [-0.25, -0.2) is 4.98 Å². The Labute approximate surface area is 182 Å². The molecule has 0 aromatic carbocycles. The molecule has 29 heavy (non-hydrogen) atoms. The quantitative estimate of drug-likeness (QED) is 0.361. The van der Waals surface area contributed by atoms with E-state index in [-0.39, 0.29) is 0 Å². The molecule has 2 heterocycles. The fraction of sp³-hybridized carbons (Fsp3) is 0.435. The van der Waals surface area contributed by atoms with Gasteiger partial charge in [-0.15, -0.1) is 11.3 Å². The van der Waals surface area contributed by atoms with Crippen molar-refractivity contribution in [3.63, 3.8) is 0 Å². The highest BCUT2D eigenvalue weighted by molar-refractivity contribution is 7.09. The van der Waals surface area contributed by atoms with Gasteiger partial charge >= 0.3 is 0 Å². The SMILES string of the molecule is CCN(CC=CC#CC(C)(C)OC)Cc1csc(COCC=Cc2ccsc2)n1. The van der Waals surface area contributed by atoms with Gasteiger partial charge in [-0.2, -0.15) is 11.3 Å². The zero-order chi connectivity index (χ0) is 21.0. The smallest absolute Gasteiger partial charge is 0.123 e. The minimum absolute atomic E-state index is 0.409. The maximum atomic E-state index is 5.71. The normalized spacial score (nSPS) is 12.2. The summed E-state index contributed by atoms with van der Waals surface area (Å²) in [5, 5.41) is 7.32. The average molecular weight is 431 g/mol. The summed E-state index contributed by atoms with van der Waals surface area (Å²) in [6.07, 6.45) is 8.10. The van der Waals surface area contributed by atoms with Crippen LogP contribution in [0.1, 0.15) is 37.0 Å². The van der Waals surface area contributed by atoms with Crippen molar-refractivity contribution in [2.75, 3.05) is 26.8 Å². The summed E-state index contributed by atoms with van der Waals surface area (Å²) in [6, 6.07) is 2.09. The van der Waals surface area contributed by atoms with E-state index in [2.05, 4.69) is 58.0 Å². The van der Waals surface area contributed by atoms with Gasteiger partial charge < -0.3 is 9.47 Å². The second kappa shape index (κ2) is 12.7. The topological polar surface area (TPSA) is 34.6 Å². The number of thiazole rings is 1. The lowest BCUT2D eigenvalue weighted by Gasteiger charge is -2.16. The lowest BCUT2D eigenvalue weighted by molar-refractivity contribution is 0.0742. The number of rotatable bonds is 11. The highest BCUT2D eigenvalue weighted by Gasteiger charge is 2.10. The number of allylic oxidation sites excluding steroid dienone is 1. The molecule has 0 saturated carbocycles. The highest BCUT2D eigenvalue weighted by atomic mass is 32.1. The Kier molecular flexibility index (Phi) is 10.3. The first-order chi connectivity index (χ1) is 14.0. The summed E-state index contributed by atoms with van der Waals surface area (Å²) < 4.78 is 11.0. The molecule has 4 nitrogen and oxygen atoms in total. The number of likely N-dealkylation sites (N-methyl/N-ethyl adjacent to an activating group) is 1. The molecule has 2 aromatic heterocycles. The van der Waals surface area contributed by atoms with Crippen molar-refractivity contribution in [1.29, 1.82) is 0 Å². The summed E-state index contributed by atoms with van der Waals surface area (Å²) in [5.74, 6) is 6.13. The minimum Gasteiger partial charge on any atom is -0.370 e. The van der Waals surface area contributed by atoms with Crippen LogP contribution >= 0.6 is 22.7 Å². The van der Waals surface area contributed by atoms with E-state index in [0.717, 1.165) is 30.3 Å². The first-order valence-corrected chi connectivity index (χ1v) is 11.5. The van der Waals surface area contributed by atoms with E-state index >= 15 is 0 Å². The average Bonchev–Trinajstić information content (AvgIpc) is 3.38. The molecule has 0 aliphatic rings. The van der Waals surface area contributed by atoms with E-state index in [4.69, 9.17) is 14.5 Å². The molecule has 0 atom stereocenters. The summed E-state index contributed by atoms with van der Waals surface area (Å²) in [6.45, 7) is 9.84. The van der Waals surface area contributed by atoms with Crippen molar-refractivity contribution in [2.45, 2.75) is 39.5 Å². The molecule has 2 rings (SSSR count). The third-order valence-corrected chi connectivity index (χ3v) is 5.75. The molecule has 0 bridgehead atoms. The van der Waals surface area contributed by atoms with Gasteiger partial charge in [0.2, 0.25) is 0 Å². The molecule has 0 amide bonds. The van der Waals surface area contributed by atoms with Gasteiger partial charge in [-0.05, 0) is 48.9 Å². The Morgan fingerprint density at radius 1 is 1.28 bits per heavy atom. The number of hydrogen-bond acceptors (Lipinski definition) is 6. The van der Waals surface area contributed by atoms with E-state index in [1.165, 1.54) is 5.56 Å². The van der Waals surface area contributed by atoms with Crippen LogP contribution in [0.2, 0.25) is 0 Å². The second-order valence-electron chi connectivity index (χ2n) is 6.92. The van der Waals surface area contributed by atoms with E-state index in [9.17, 15) is 0 Å². The van der Waals surface area contributed by atoms with Gasteiger partial charge in [0.05, 0.1) is 18.9 Å². The van der Waals surface area contributed by atoms with Crippen LogP contribution in [-0.2, 0) is 22.6 Å². The fourth-order valence-corrected chi connectivity index (χ4v) is 3.67. The third kappa shape index (κ3) is 9.53. The second-order valence-corrected chi connectivity index (χ2v) is 8.64. The molecule has 0 aliphatic carbocycles. The molecule has 0 fully saturated rings. The Bertz CT molecular complexity index is 827. The van der Waals surface area contributed by atoms with Crippen molar-refractivity contribution in [3.8, 4) is 11.8 Å². The van der Waals surface area contributed by atoms with Gasteiger partial charge in [-0.1, -0.05) is 37.0 Å². The van der Waals surface area contributed by atoms with Gasteiger partial charge in [0.15, 0.2) is 0 Å². The Morgan fingerprint density at radius 2 is 2.14 bits per heavy atom. The van der Waals surface area contributed by atoms with Crippen molar-refractivity contribution in [3.05, 3.63) is 56.7 Å². The summed E-state index contributed by atoms with van der Waals surface area (Å²) in [4.78, 5) is 7.02. The van der Waals surface area contributed by atoms with Gasteiger partial charge in [0.1, 0.15) is 10.6 Å². The van der Waals surface area contributed by atoms with Gasteiger partial charge in [-0.3, -0.25) is 4.90 Å². The molecule has 0 spiro atoms. The Morgan fingerprint density at radius 3 is 2.86 bits per heavy atom. The van der Waals surface area contributed by atoms with E-state index in [1.807, 2.05) is 26.0 Å². The molecule has 156 valence electrons. The standard InChI is InChI=1S/C23H30N2O2S2/c1-5-25(13-8-6-7-12-23(2,3)26-4)16-21-19-29-22(24-21)17-27-14-9-10-20-11-15-28-18-20/h6,8-11,15,18-19H,5,13-14,16-17H2,1-4H3. The van der Waals surface area contributed by atoms with Crippen LogP contribution in [-0.4, -0.2) is 42.3 Å². The molecule has 0 unspecified atom stereocenters. The van der Waals surface area contributed by atoms with Gasteiger partial charge in [0, 0.05) is 25.6 Å². The maximum Gasteiger partial charge on any atom is 0.123 e. The lowest BCUT2D eigenvalue weighted by Crippen LogP contribution is -2.23. The third-order valence-electron chi connectivity index (χ3n) is 4.17. The van der Waals surface area contributed by atoms with Crippen LogP contribution < -0.4 is 0 Å². The first-order valence-electron chi connectivity index (χ1n) is 9.67. The zero-order valence-corrected chi connectivity index (χ0v) is 19.3. The van der Waals surface area contributed by atoms with Crippen molar-refractivity contribution < 1.29 is 9.47 Å². The van der Waals surface area contributed by atoms with Crippen molar-refractivity contribution in [2.24, 2.45) is 0 Å². The number of hydrogen-bond donors (Lipinski definition) is 0. The van der Waals surface area contributed by atoms with Crippen LogP contribution in [0.3, 0.4) is 0 Å². The number of methoxy groups -OCH3 is 1. The molecular weight excluding hydrogens is 400 g/mol. The molecule has 6 heteroatoms. The predicted octanol–water partition coefficient (Wildman–Crippen LogP) is 5.24. The molecule has 0 N–H and O–H groups in total.